The highest BCUT2D eigenvalue weighted by molar-refractivity contribution is 5.80. The molecule has 1 saturated carbocycles. The molecule has 0 saturated heterocycles. The summed E-state index contributed by atoms with van der Waals surface area (Å²) in [6.45, 7) is 4.37. The van der Waals surface area contributed by atoms with Crippen molar-refractivity contribution in [2.45, 2.75) is 33.1 Å². The van der Waals surface area contributed by atoms with Gasteiger partial charge in [0, 0.05) is 6.54 Å². The lowest BCUT2D eigenvalue weighted by Gasteiger charge is -2.18. The lowest BCUT2D eigenvalue weighted by Crippen LogP contribution is -2.31. The molecule has 3 heteroatoms. The molecule has 70 valence electrons. The van der Waals surface area contributed by atoms with Gasteiger partial charge < -0.3 is 10.8 Å². The maximum absolute atomic E-state index is 11.0. The highest BCUT2D eigenvalue weighted by Gasteiger charge is 2.69. The maximum atomic E-state index is 11.0. The molecule has 0 bridgehead atoms. The summed E-state index contributed by atoms with van der Waals surface area (Å²) in [5, 5.41) is 9.02. The van der Waals surface area contributed by atoms with Crippen molar-refractivity contribution < 1.29 is 9.90 Å². The van der Waals surface area contributed by atoms with E-state index >= 15 is 0 Å². The molecule has 0 aliphatic heterocycles. The molecule has 12 heavy (non-hydrogen) atoms. The highest BCUT2D eigenvalue weighted by atomic mass is 16.4. The van der Waals surface area contributed by atoms with Gasteiger partial charge in [-0.1, -0.05) is 13.8 Å². The van der Waals surface area contributed by atoms with Crippen LogP contribution in [-0.4, -0.2) is 17.6 Å². The second-order valence-electron chi connectivity index (χ2n) is 3.76. The van der Waals surface area contributed by atoms with Crippen molar-refractivity contribution in [1.29, 1.82) is 0 Å². The summed E-state index contributed by atoms with van der Waals surface area (Å²) in [5.74, 6) is -0.714. The van der Waals surface area contributed by atoms with Crippen LogP contribution in [-0.2, 0) is 4.79 Å². The van der Waals surface area contributed by atoms with E-state index in [9.17, 15) is 4.79 Å². The summed E-state index contributed by atoms with van der Waals surface area (Å²) in [4.78, 5) is 11.0. The fourth-order valence-corrected chi connectivity index (χ4v) is 2.39. The van der Waals surface area contributed by atoms with E-state index in [1.54, 1.807) is 0 Å². The maximum Gasteiger partial charge on any atom is 0.311 e. The summed E-state index contributed by atoms with van der Waals surface area (Å²) in [6, 6.07) is 0. The van der Waals surface area contributed by atoms with E-state index in [-0.39, 0.29) is 12.0 Å². The van der Waals surface area contributed by atoms with Crippen molar-refractivity contribution in [3.8, 4) is 0 Å². The number of rotatable bonds is 4. The molecule has 1 unspecified atom stereocenters. The molecule has 1 rings (SSSR count). The first-order valence-corrected chi connectivity index (χ1v) is 4.52. The van der Waals surface area contributed by atoms with Crippen LogP contribution in [0.5, 0.6) is 0 Å². The van der Waals surface area contributed by atoms with Gasteiger partial charge in [-0.2, -0.15) is 0 Å². The topological polar surface area (TPSA) is 63.3 Å². The van der Waals surface area contributed by atoms with E-state index in [4.69, 9.17) is 10.8 Å². The van der Waals surface area contributed by atoms with E-state index in [2.05, 4.69) is 0 Å². The second-order valence-corrected chi connectivity index (χ2v) is 3.76. The van der Waals surface area contributed by atoms with E-state index in [1.165, 1.54) is 0 Å². The third-order valence-corrected chi connectivity index (χ3v) is 3.64. The second kappa shape index (κ2) is 2.73. The monoisotopic (exact) mass is 171 g/mol. The molecule has 0 aromatic heterocycles. The number of aliphatic carboxylic acids is 1. The summed E-state index contributed by atoms with van der Waals surface area (Å²) >= 11 is 0. The van der Waals surface area contributed by atoms with Gasteiger partial charge >= 0.3 is 5.97 Å². The van der Waals surface area contributed by atoms with Gasteiger partial charge in [-0.3, -0.25) is 4.79 Å². The SMILES string of the molecule is CCC1(CC)CC1(CN)C(=O)O. The third-order valence-electron chi connectivity index (χ3n) is 3.64. The minimum absolute atomic E-state index is 0.00637. The Kier molecular flexibility index (Phi) is 2.17. The number of carboxylic acid groups (broad SMARTS) is 1. The minimum Gasteiger partial charge on any atom is -0.481 e. The van der Waals surface area contributed by atoms with E-state index in [1.807, 2.05) is 13.8 Å². The molecule has 0 spiro atoms. The fourth-order valence-electron chi connectivity index (χ4n) is 2.39. The zero-order chi connectivity index (χ0) is 9.41. The predicted octanol–water partition coefficient (Wildman–Crippen LogP) is 1.23. The van der Waals surface area contributed by atoms with Crippen LogP contribution < -0.4 is 5.73 Å². The van der Waals surface area contributed by atoms with Crippen LogP contribution in [0.4, 0.5) is 0 Å². The molecular weight excluding hydrogens is 154 g/mol. The van der Waals surface area contributed by atoms with E-state index in [0.29, 0.717) is 0 Å². The molecule has 1 atom stereocenters. The van der Waals surface area contributed by atoms with Gasteiger partial charge in [-0.15, -0.1) is 0 Å². The van der Waals surface area contributed by atoms with Crippen LogP contribution in [0.15, 0.2) is 0 Å². The molecule has 1 aliphatic rings. The summed E-state index contributed by atoms with van der Waals surface area (Å²) < 4.78 is 0. The van der Waals surface area contributed by atoms with Crippen LogP contribution in [0.3, 0.4) is 0 Å². The van der Waals surface area contributed by atoms with Crippen molar-refractivity contribution >= 4 is 5.97 Å². The Morgan fingerprint density at radius 1 is 1.50 bits per heavy atom. The number of hydrogen-bond acceptors (Lipinski definition) is 2. The first-order chi connectivity index (χ1) is 5.58. The van der Waals surface area contributed by atoms with E-state index < -0.39 is 11.4 Å². The van der Waals surface area contributed by atoms with Gasteiger partial charge in [-0.25, -0.2) is 0 Å². The zero-order valence-electron chi connectivity index (χ0n) is 7.76. The largest absolute Gasteiger partial charge is 0.481 e. The van der Waals surface area contributed by atoms with Crippen LogP contribution in [0.1, 0.15) is 33.1 Å². The lowest BCUT2D eigenvalue weighted by atomic mass is 9.88. The Labute approximate surface area is 72.9 Å². The molecule has 0 aromatic rings. The van der Waals surface area contributed by atoms with Gasteiger partial charge in [0.2, 0.25) is 0 Å². The Morgan fingerprint density at radius 2 is 2.00 bits per heavy atom. The van der Waals surface area contributed by atoms with Crippen molar-refractivity contribution in [3.63, 3.8) is 0 Å². The highest BCUT2D eigenvalue weighted by Crippen LogP contribution is 2.67. The molecule has 0 heterocycles. The number of carboxylic acids is 1. The molecular formula is C9H17NO2. The van der Waals surface area contributed by atoms with Gasteiger partial charge in [0.15, 0.2) is 0 Å². The third kappa shape index (κ3) is 0.891. The normalized spacial score (nSPS) is 31.6. The van der Waals surface area contributed by atoms with Gasteiger partial charge in [-0.05, 0) is 24.7 Å². The van der Waals surface area contributed by atoms with Gasteiger partial charge in [0.25, 0.3) is 0 Å². The van der Waals surface area contributed by atoms with Crippen molar-refractivity contribution in [2.75, 3.05) is 6.54 Å². The van der Waals surface area contributed by atoms with Crippen molar-refractivity contribution in [1.82, 2.24) is 0 Å². The number of hydrogen-bond donors (Lipinski definition) is 2. The summed E-state index contributed by atoms with van der Waals surface area (Å²) in [7, 11) is 0. The molecule has 3 nitrogen and oxygen atoms in total. The van der Waals surface area contributed by atoms with Crippen LogP contribution in [0, 0.1) is 10.8 Å². The standard InChI is InChI=1S/C9H17NO2/c1-3-8(4-2)5-9(8,6-10)7(11)12/h3-6,10H2,1-2H3,(H,11,12). The fraction of sp³-hybridized carbons (Fsp3) is 0.889. The molecule has 0 aromatic carbocycles. The first kappa shape index (κ1) is 9.52. The molecule has 0 radical (unpaired) electrons. The number of nitrogens with two attached hydrogens (primary N) is 1. The van der Waals surface area contributed by atoms with E-state index in [0.717, 1.165) is 19.3 Å². The summed E-state index contributed by atoms with van der Waals surface area (Å²) in [6.07, 6.45) is 2.61. The van der Waals surface area contributed by atoms with Gasteiger partial charge in [0.05, 0.1) is 5.41 Å². The van der Waals surface area contributed by atoms with Crippen LogP contribution in [0.2, 0.25) is 0 Å². The molecule has 1 aliphatic carbocycles. The Hall–Kier alpha value is -0.570. The smallest absolute Gasteiger partial charge is 0.311 e. The molecule has 0 amide bonds. The van der Waals surface area contributed by atoms with Gasteiger partial charge in [0.1, 0.15) is 0 Å². The average Bonchev–Trinajstić information content (AvgIpc) is 2.75. The minimum atomic E-state index is -0.714. The van der Waals surface area contributed by atoms with Crippen molar-refractivity contribution in [3.05, 3.63) is 0 Å². The van der Waals surface area contributed by atoms with Crippen LogP contribution >= 0.6 is 0 Å². The number of carbonyl (C=O) groups is 1. The average molecular weight is 171 g/mol. The first-order valence-electron chi connectivity index (χ1n) is 4.52. The Bertz CT molecular complexity index is 199. The Morgan fingerprint density at radius 3 is 2.08 bits per heavy atom. The van der Waals surface area contributed by atoms with Crippen molar-refractivity contribution in [2.24, 2.45) is 16.6 Å². The lowest BCUT2D eigenvalue weighted by molar-refractivity contribution is -0.144. The van der Waals surface area contributed by atoms with Crippen LogP contribution in [0.25, 0.3) is 0 Å². The zero-order valence-corrected chi connectivity index (χ0v) is 7.76. The summed E-state index contributed by atoms with van der Waals surface area (Å²) in [5.41, 5.74) is 4.91. The Balaban J connectivity index is 2.83. The molecule has 1 fully saturated rings. The quantitative estimate of drug-likeness (QED) is 0.668. The predicted molar refractivity (Wildman–Crippen MR) is 46.8 cm³/mol. The molecule has 3 N–H and O–H groups in total.